The Morgan fingerprint density at radius 1 is 1.21 bits per heavy atom. The number of aromatic nitrogens is 1. The van der Waals surface area contributed by atoms with Crippen LogP contribution in [0.15, 0.2) is 41.1 Å². The normalized spacial score (nSPS) is 18.4. The maximum absolute atomic E-state index is 13.5. The van der Waals surface area contributed by atoms with Gasteiger partial charge < -0.3 is 4.90 Å². The molecule has 148 valence electrons. The van der Waals surface area contributed by atoms with Gasteiger partial charge in [-0.15, -0.1) is 11.3 Å². The Bertz CT molecular complexity index is 1070. The zero-order valence-corrected chi connectivity index (χ0v) is 17.7. The predicted octanol–water partition coefficient (Wildman–Crippen LogP) is 2.51. The van der Waals surface area contributed by atoms with Crippen LogP contribution in [-0.4, -0.2) is 55.7 Å². The van der Waals surface area contributed by atoms with E-state index in [9.17, 15) is 13.2 Å². The monoisotopic (exact) mass is 418 g/mol. The van der Waals surface area contributed by atoms with E-state index in [-0.39, 0.29) is 16.5 Å². The van der Waals surface area contributed by atoms with Crippen LogP contribution in [0.1, 0.15) is 23.3 Å². The molecular weight excluding hydrogens is 396 g/mol. The molecular formula is C19H22N4O3S2. The van der Waals surface area contributed by atoms with Gasteiger partial charge in [-0.2, -0.15) is 0 Å². The molecule has 0 radical (unpaired) electrons. The molecule has 4 rings (SSSR count). The van der Waals surface area contributed by atoms with Crippen molar-refractivity contribution in [3.63, 3.8) is 0 Å². The van der Waals surface area contributed by atoms with Crippen molar-refractivity contribution in [2.24, 2.45) is 0 Å². The van der Waals surface area contributed by atoms with Gasteiger partial charge in [0.2, 0.25) is 0 Å². The predicted molar refractivity (Wildman–Crippen MR) is 109 cm³/mol. The third-order valence-corrected chi connectivity index (χ3v) is 7.95. The van der Waals surface area contributed by atoms with Gasteiger partial charge in [-0.25, -0.2) is 13.4 Å². The molecule has 2 aliphatic rings. The topological polar surface area (TPSA) is 73.8 Å². The van der Waals surface area contributed by atoms with Gasteiger partial charge in [0.25, 0.3) is 15.9 Å². The van der Waals surface area contributed by atoms with Crippen LogP contribution in [-0.2, 0) is 14.8 Å². The molecule has 0 bridgehead atoms. The van der Waals surface area contributed by atoms with Gasteiger partial charge in [0, 0.05) is 43.8 Å². The number of hydrogen-bond acceptors (Lipinski definition) is 6. The smallest absolute Gasteiger partial charge is 0.279 e. The summed E-state index contributed by atoms with van der Waals surface area (Å²) in [4.78, 5) is 22.5. The minimum Gasteiger partial charge on any atom is -0.369 e. The number of likely N-dealkylation sites (tertiary alicyclic amines) is 1. The summed E-state index contributed by atoms with van der Waals surface area (Å²) >= 11 is 1.40. The standard InChI is InChI=1S/C19H22N4O3S2/c1-13-12-20-19(27-13)21(2)18(24)17-16(23-10-6-7-11-23)14-8-4-5-9-15(14)28(25,26)22(17)3/h4-5,8-9,12H,6-7,10-11H2,1-3H3. The molecule has 0 N–H and O–H groups in total. The van der Waals surface area contributed by atoms with Crippen molar-refractivity contribution in [1.82, 2.24) is 14.2 Å². The lowest BCUT2D eigenvalue weighted by atomic mass is 10.1. The summed E-state index contributed by atoms with van der Waals surface area (Å²) in [6, 6.07) is 6.91. The molecule has 1 aromatic heterocycles. The van der Waals surface area contributed by atoms with E-state index in [4.69, 9.17) is 0 Å². The Kier molecular flexibility index (Phi) is 4.67. The zero-order valence-electron chi connectivity index (χ0n) is 16.0. The third kappa shape index (κ3) is 2.89. The molecule has 1 aromatic carbocycles. The maximum Gasteiger partial charge on any atom is 0.279 e. The SMILES string of the molecule is Cc1cnc(N(C)C(=O)C2=C(N3CCCC3)c3ccccc3S(=O)(=O)N2C)s1. The van der Waals surface area contributed by atoms with E-state index in [0.717, 1.165) is 35.1 Å². The van der Waals surface area contributed by atoms with E-state index in [1.807, 2.05) is 13.0 Å². The maximum atomic E-state index is 13.5. The minimum atomic E-state index is -3.80. The van der Waals surface area contributed by atoms with Crippen molar-refractivity contribution in [2.75, 3.05) is 32.1 Å². The molecule has 0 spiro atoms. The third-order valence-electron chi connectivity index (χ3n) is 5.15. The highest BCUT2D eigenvalue weighted by Crippen LogP contribution is 2.40. The molecule has 0 saturated carbocycles. The Balaban J connectivity index is 1.92. The number of carbonyl (C=O) groups excluding carboxylic acids is 1. The molecule has 0 atom stereocenters. The van der Waals surface area contributed by atoms with Crippen LogP contribution in [0.3, 0.4) is 0 Å². The summed E-state index contributed by atoms with van der Waals surface area (Å²) < 4.78 is 27.4. The number of fused-ring (bicyclic) bond motifs is 1. The van der Waals surface area contributed by atoms with Gasteiger partial charge in [-0.05, 0) is 25.8 Å². The average molecular weight is 419 g/mol. The van der Waals surface area contributed by atoms with Gasteiger partial charge in [0.15, 0.2) is 5.13 Å². The number of likely N-dealkylation sites (N-methyl/N-ethyl adjacent to an activating group) is 2. The number of thiazole rings is 1. The largest absolute Gasteiger partial charge is 0.369 e. The van der Waals surface area contributed by atoms with E-state index in [0.29, 0.717) is 16.4 Å². The lowest BCUT2D eigenvalue weighted by Gasteiger charge is -2.36. The number of hydrogen-bond donors (Lipinski definition) is 0. The Morgan fingerprint density at radius 2 is 1.89 bits per heavy atom. The summed E-state index contributed by atoms with van der Waals surface area (Å²) in [5, 5.41) is 0.542. The van der Waals surface area contributed by atoms with Gasteiger partial charge in [-0.1, -0.05) is 18.2 Å². The summed E-state index contributed by atoms with van der Waals surface area (Å²) in [6.45, 7) is 3.52. The highest BCUT2D eigenvalue weighted by atomic mass is 32.2. The fraction of sp³-hybridized carbons (Fsp3) is 0.368. The van der Waals surface area contributed by atoms with Crippen LogP contribution in [0.5, 0.6) is 0 Å². The fourth-order valence-electron chi connectivity index (χ4n) is 3.67. The highest BCUT2D eigenvalue weighted by molar-refractivity contribution is 7.89. The molecule has 3 heterocycles. The summed E-state index contributed by atoms with van der Waals surface area (Å²) in [5.74, 6) is -0.378. The zero-order chi connectivity index (χ0) is 20.1. The summed E-state index contributed by atoms with van der Waals surface area (Å²) in [6.07, 6.45) is 3.74. The number of sulfonamides is 1. The molecule has 2 aliphatic heterocycles. The molecule has 0 aliphatic carbocycles. The van der Waals surface area contributed by atoms with Crippen molar-refractivity contribution >= 4 is 38.1 Å². The number of anilines is 1. The molecule has 1 amide bonds. The van der Waals surface area contributed by atoms with Crippen LogP contribution >= 0.6 is 11.3 Å². The molecule has 1 fully saturated rings. The highest BCUT2D eigenvalue weighted by Gasteiger charge is 2.41. The van der Waals surface area contributed by atoms with E-state index < -0.39 is 10.0 Å². The second-order valence-corrected chi connectivity index (χ2v) is 10.1. The molecule has 7 nitrogen and oxygen atoms in total. The van der Waals surface area contributed by atoms with Crippen LogP contribution in [0, 0.1) is 6.92 Å². The van der Waals surface area contributed by atoms with E-state index >= 15 is 0 Å². The Labute approximate surface area is 168 Å². The van der Waals surface area contributed by atoms with Crippen molar-refractivity contribution in [3.05, 3.63) is 46.6 Å². The lowest BCUT2D eigenvalue weighted by Crippen LogP contribution is -2.43. The van der Waals surface area contributed by atoms with Gasteiger partial charge in [0.1, 0.15) is 5.70 Å². The van der Waals surface area contributed by atoms with Crippen LogP contribution in [0.25, 0.3) is 5.70 Å². The van der Waals surface area contributed by atoms with Crippen molar-refractivity contribution < 1.29 is 13.2 Å². The van der Waals surface area contributed by atoms with Crippen molar-refractivity contribution in [2.45, 2.75) is 24.7 Å². The minimum absolute atomic E-state index is 0.177. The van der Waals surface area contributed by atoms with Crippen molar-refractivity contribution in [3.8, 4) is 0 Å². The van der Waals surface area contributed by atoms with Crippen molar-refractivity contribution in [1.29, 1.82) is 0 Å². The molecule has 2 aromatic rings. The first kappa shape index (κ1) is 18.9. The summed E-state index contributed by atoms with van der Waals surface area (Å²) in [5.41, 5.74) is 1.46. The van der Waals surface area contributed by atoms with Gasteiger partial charge >= 0.3 is 0 Å². The lowest BCUT2D eigenvalue weighted by molar-refractivity contribution is -0.115. The van der Waals surface area contributed by atoms with Crippen LogP contribution in [0.4, 0.5) is 5.13 Å². The second kappa shape index (κ2) is 6.89. The molecule has 28 heavy (non-hydrogen) atoms. The van der Waals surface area contributed by atoms with Gasteiger partial charge in [0.05, 0.1) is 10.6 Å². The quantitative estimate of drug-likeness (QED) is 0.766. The number of rotatable bonds is 3. The average Bonchev–Trinajstić information content (AvgIpc) is 3.35. The fourth-order valence-corrected chi connectivity index (χ4v) is 5.78. The molecule has 9 heteroatoms. The summed E-state index contributed by atoms with van der Waals surface area (Å²) in [7, 11) is -0.715. The van der Waals surface area contributed by atoms with E-state index in [1.54, 1.807) is 31.4 Å². The van der Waals surface area contributed by atoms with Crippen LogP contribution < -0.4 is 4.90 Å². The number of benzene rings is 1. The second-order valence-electron chi connectivity index (χ2n) is 6.98. The Hall–Kier alpha value is -2.39. The molecule has 0 unspecified atom stereocenters. The van der Waals surface area contributed by atoms with Crippen LogP contribution in [0.2, 0.25) is 0 Å². The Morgan fingerprint density at radius 3 is 2.54 bits per heavy atom. The number of amides is 1. The first-order valence-corrected chi connectivity index (χ1v) is 11.4. The first-order valence-electron chi connectivity index (χ1n) is 9.10. The van der Waals surface area contributed by atoms with Gasteiger partial charge in [-0.3, -0.25) is 14.0 Å². The first-order chi connectivity index (χ1) is 13.3. The molecule has 1 saturated heterocycles. The number of carbonyl (C=O) groups is 1. The van der Waals surface area contributed by atoms with E-state index in [2.05, 4.69) is 9.88 Å². The number of aryl methyl sites for hydroxylation is 1. The van der Waals surface area contributed by atoms with E-state index in [1.165, 1.54) is 23.3 Å². The number of nitrogens with zero attached hydrogens (tertiary/aromatic N) is 4.